The van der Waals surface area contributed by atoms with Gasteiger partial charge in [-0.1, -0.05) is 42.5 Å². The summed E-state index contributed by atoms with van der Waals surface area (Å²) in [5.41, 5.74) is 5.06. The first-order valence-corrected chi connectivity index (χ1v) is 10.1. The van der Waals surface area contributed by atoms with Gasteiger partial charge in [-0.2, -0.15) is 42.5 Å². The van der Waals surface area contributed by atoms with E-state index in [0.717, 1.165) is 22.4 Å². The van der Waals surface area contributed by atoms with Crippen molar-refractivity contribution in [1.29, 1.82) is 0 Å². The molecular weight excluding hydrogens is 567 g/mol. The van der Waals surface area contributed by atoms with E-state index in [0.29, 0.717) is 11.1 Å². The first kappa shape index (κ1) is 20.6. The molecule has 0 aliphatic heterocycles. The Morgan fingerprint density at radius 1 is 0.594 bits per heavy atom. The molecule has 2 heteroatoms. The zero-order valence-electron chi connectivity index (χ0n) is 19.3. The molecule has 0 unspecified atom stereocenters. The van der Waals surface area contributed by atoms with Gasteiger partial charge in [-0.15, -0.1) is 53.6 Å². The van der Waals surface area contributed by atoms with Crippen molar-refractivity contribution >= 4 is 0 Å². The summed E-state index contributed by atoms with van der Waals surface area (Å²) in [4.78, 5) is 4.22. The van der Waals surface area contributed by atoms with Crippen molar-refractivity contribution in [3.63, 3.8) is 0 Å². The molecule has 1 aromatic heterocycles. The van der Waals surface area contributed by atoms with Crippen LogP contribution in [0.1, 0.15) is 13.9 Å². The Kier molecular flexibility index (Phi) is 8.05. The fourth-order valence-corrected chi connectivity index (χ4v) is 3.02. The third-order valence-electron chi connectivity index (χ3n) is 4.51. The van der Waals surface area contributed by atoms with Gasteiger partial charge in [-0.05, 0) is 23.7 Å². The van der Waals surface area contributed by atoms with Crippen LogP contribution in [-0.2, 0) is 26.5 Å². The fraction of sp³-hybridized carbons (Fsp3) is 0.0333. The van der Waals surface area contributed by atoms with E-state index in [1.54, 1.807) is 18.3 Å². The van der Waals surface area contributed by atoms with Gasteiger partial charge in [0.25, 0.3) is 0 Å². The molecular formula is C30H22IrN. The minimum absolute atomic E-state index is 0. The summed E-state index contributed by atoms with van der Waals surface area (Å²) >= 11 is 0. The van der Waals surface area contributed by atoms with Crippen molar-refractivity contribution in [2.75, 3.05) is 0 Å². The number of rotatable bonds is 4. The van der Waals surface area contributed by atoms with E-state index >= 15 is 0 Å². The molecule has 156 valence electrons. The van der Waals surface area contributed by atoms with Gasteiger partial charge in [0.2, 0.25) is 0 Å². The van der Waals surface area contributed by atoms with E-state index < -0.39 is 6.37 Å². The van der Waals surface area contributed by atoms with Crippen LogP contribution in [0.2, 0.25) is 0 Å². The van der Waals surface area contributed by atoms with Crippen LogP contribution in [0.3, 0.4) is 0 Å². The third-order valence-corrected chi connectivity index (χ3v) is 4.51. The molecule has 0 saturated carbocycles. The molecule has 1 nitrogen and oxygen atoms in total. The molecule has 0 aliphatic rings. The molecule has 0 N–H and O–H groups in total. The Balaban J connectivity index is 0.000000212. The minimum atomic E-state index is -1.53. The average Bonchev–Trinajstić information content (AvgIpc) is 2.91. The van der Waals surface area contributed by atoms with Crippen molar-refractivity contribution in [3.05, 3.63) is 151 Å². The Labute approximate surface area is 207 Å². The van der Waals surface area contributed by atoms with Crippen LogP contribution < -0.4 is 0 Å². The van der Waals surface area contributed by atoms with Crippen molar-refractivity contribution in [2.24, 2.45) is 0 Å². The van der Waals surface area contributed by atoms with Crippen LogP contribution in [0.5, 0.6) is 0 Å². The third kappa shape index (κ3) is 6.85. The minimum Gasteiger partial charge on any atom is -0.305 e. The van der Waals surface area contributed by atoms with Crippen molar-refractivity contribution in [2.45, 2.75) is 6.37 Å². The molecule has 32 heavy (non-hydrogen) atoms. The maximum Gasteiger partial charge on any atom is 3.00 e. The Morgan fingerprint density at radius 2 is 1.25 bits per heavy atom. The average molecular weight is 591 g/mol. The van der Waals surface area contributed by atoms with E-state index in [1.165, 1.54) is 0 Å². The van der Waals surface area contributed by atoms with E-state index in [2.05, 4.69) is 23.2 Å². The first-order valence-electron chi connectivity index (χ1n) is 11.1. The van der Waals surface area contributed by atoms with Crippen LogP contribution in [0.25, 0.3) is 22.4 Å². The monoisotopic (exact) mass is 591 g/mol. The number of aromatic nitrogens is 1. The van der Waals surface area contributed by atoms with Gasteiger partial charge < -0.3 is 4.98 Å². The van der Waals surface area contributed by atoms with Crippen LogP contribution in [0, 0.1) is 18.2 Å². The molecule has 0 amide bonds. The van der Waals surface area contributed by atoms with E-state index in [1.807, 2.05) is 103 Å². The second-order valence-electron chi connectivity index (χ2n) is 6.75. The molecule has 5 rings (SSSR count). The predicted molar refractivity (Wildman–Crippen MR) is 127 cm³/mol. The second-order valence-corrected chi connectivity index (χ2v) is 6.75. The van der Waals surface area contributed by atoms with Gasteiger partial charge in [0.15, 0.2) is 0 Å². The molecule has 5 aromatic rings. The maximum atomic E-state index is 8.41. The van der Waals surface area contributed by atoms with Crippen molar-refractivity contribution in [1.82, 2.24) is 4.98 Å². The summed E-state index contributed by atoms with van der Waals surface area (Å²) in [6.45, 7) is 0. The molecule has 0 fully saturated rings. The van der Waals surface area contributed by atoms with Gasteiger partial charge in [0.05, 0.1) is 0 Å². The molecule has 0 aliphatic carbocycles. The topological polar surface area (TPSA) is 12.9 Å². The van der Waals surface area contributed by atoms with E-state index in [9.17, 15) is 0 Å². The number of nitrogens with zero attached hydrogens (tertiary/aromatic N) is 1. The van der Waals surface area contributed by atoms with Crippen molar-refractivity contribution < 1.29 is 22.8 Å². The Morgan fingerprint density at radius 3 is 1.91 bits per heavy atom. The fourth-order valence-electron chi connectivity index (χ4n) is 3.02. The Hall–Kier alpha value is -3.32. The SMILES string of the molecule is [2H]C([2H])(c1ccccc1)c1cc[c-]c(-c2[c-]cccc2)c1.[Ir+3].[c-]1ccccc1-c1ccccn1. The molecule has 4 aromatic carbocycles. The summed E-state index contributed by atoms with van der Waals surface area (Å²) in [5, 5.41) is 0. The molecule has 0 bridgehead atoms. The number of pyridine rings is 1. The quantitative estimate of drug-likeness (QED) is 0.204. The summed E-state index contributed by atoms with van der Waals surface area (Å²) in [6.07, 6.45) is 0.260. The van der Waals surface area contributed by atoms with Crippen LogP contribution >= 0.6 is 0 Å². The van der Waals surface area contributed by atoms with Gasteiger partial charge in [0.1, 0.15) is 0 Å². The van der Waals surface area contributed by atoms with Crippen LogP contribution in [0.15, 0.2) is 121 Å². The summed E-state index contributed by atoms with van der Waals surface area (Å²) in [7, 11) is 0. The van der Waals surface area contributed by atoms with Crippen LogP contribution in [0.4, 0.5) is 0 Å². The predicted octanol–water partition coefficient (Wildman–Crippen LogP) is 7.09. The Bertz CT molecular complexity index is 1230. The molecule has 0 atom stereocenters. The zero-order valence-corrected chi connectivity index (χ0v) is 19.7. The summed E-state index contributed by atoms with van der Waals surface area (Å²) in [6, 6.07) is 45.4. The van der Waals surface area contributed by atoms with Gasteiger partial charge >= 0.3 is 20.1 Å². The largest absolute Gasteiger partial charge is 3.00 e. The smallest absolute Gasteiger partial charge is 0.305 e. The first-order chi connectivity index (χ1) is 16.1. The number of hydrogen-bond acceptors (Lipinski definition) is 1. The molecule has 1 heterocycles. The standard InChI is InChI=1S/C19H14.C11H8N.Ir/c1-3-8-16(9-4-1)14-17-10-7-13-19(15-17)18-11-5-2-6-12-18;1-2-6-10(7-3-1)11-8-4-5-9-12-11;/h1-11,15H,14H2;1-6,8-9H;/q-2;-1;+3/i14D2;;. The van der Waals surface area contributed by atoms with Gasteiger partial charge in [-0.25, -0.2) is 11.1 Å². The normalized spacial score (nSPS) is 11.1. The summed E-state index contributed by atoms with van der Waals surface area (Å²) < 4.78 is 16.8. The van der Waals surface area contributed by atoms with E-state index in [4.69, 9.17) is 2.74 Å². The van der Waals surface area contributed by atoms with Gasteiger partial charge in [0, 0.05) is 8.94 Å². The number of benzene rings is 4. The van der Waals surface area contributed by atoms with Crippen LogP contribution in [-0.4, -0.2) is 4.98 Å². The number of hydrogen-bond donors (Lipinski definition) is 0. The van der Waals surface area contributed by atoms with Gasteiger partial charge in [-0.3, -0.25) is 0 Å². The summed E-state index contributed by atoms with van der Waals surface area (Å²) in [5.74, 6) is 0. The second kappa shape index (κ2) is 12.5. The maximum absolute atomic E-state index is 8.41. The van der Waals surface area contributed by atoms with Crippen molar-refractivity contribution in [3.8, 4) is 22.4 Å². The molecule has 0 spiro atoms. The van der Waals surface area contributed by atoms with E-state index in [-0.39, 0.29) is 20.1 Å². The molecule has 0 saturated heterocycles. The molecule has 0 radical (unpaired) electrons. The zero-order chi connectivity index (χ0) is 22.9.